The number of carbonyl (C=O) groups excluding carboxylic acids is 1. The maximum Gasteiger partial charge on any atom is 0.416 e. The maximum atomic E-state index is 12.9. The molecular formula is C21H21F4NO4S. The first-order chi connectivity index (χ1) is 14.6. The molecule has 1 heterocycles. The Morgan fingerprint density at radius 1 is 1.06 bits per heavy atom. The van der Waals surface area contributed by atoms with Crippen LogP contribution in [0.2, 0.25) is 0 Å². The molecule has 10 heteroatoms. The minimum Gasteiger partial charge on any atom is -0.370 e. The molecule has 0 bridgehead atoms. The number of rotatable bonds is 7. The minimum absolute atomic E-state index is 0.0788. The Labute approximate surface area is 177 Å². The summed E-state index contributed by atoms with van der Waals surface area (Å²) in [4.78, 5) is 11.6. The van der Waals surface area contributed by atoms with Crippen LogP contribution in [0.3, 0.4) is 0 Å². The van der Waals surface area contributed by atoms with Gasteiger partial charge in [-0.25, -0.2) is 12.8 Å². The lowest BCUT2D eigenvalue weighted by Crippen LogP contribution is -2.41. The summed E-state index contributed by atoms with van der Waals surface area (Å²) in [6.45, 7) is 0.00716. The largest absolute Gasteiger partial charge is 0.416 e. The third-order valence-corrected chi connectivity index (χ3v) is 6.89. The van der Waals surface area contributed by atoms with E-state index in [1.54, 1.807) is 0 Å². The molecule has 1 fully saturated rings. The molecule has 0 unspecified atom stereocenters. The fraction of sp³-hybridized carbons (Fsp3) is 0.381. The van der Waals surface area contributed by atoms with Crippen LogP contribution < -0.4 is 0 Å². The summed E-state index contributed by atoms with van der Waals surface area (Å²) in [7, 11) is -4.06. The van der Waals surface area contributed by atoms with Crippen molar-refractivity contribution >= 4 is 15.8 Å². The van der Waals surface area contributed by atoms with E-state index in [9.17, 15) is 30.8 Å². The molecule has 2 aromatic carbocycles. The van der Waals surface area contributed by atoms with Crippen LogP contribution in [0.15, 0.2) is 53.4 Å². The Morgan fingerprint density at radius 2 is 1.71 bits per heavy atom. The van der Waals surface area contributed by atoms with Crippen molar-refractivity contribution in [3.05, 3.63) is 65.5 Å². The zero-order valence-corrected chi connectivity index (χ0v) is 17.3. The SMILES string of the molecule is O=C(COC1CCN(S(=O)(=O)c2cccc(C(F)(F)F)c2)CC1)Cc1ccc(F)cc1. The van der Waals surface area contributed by atoms with Crippen molar-refractivity contribution in [1.82, 2.24) is 4.31 Å². The number of hydrogen-bond donors (Lipinski definition) is 0. The summed E-state index contributed by atoms with van der Waals surface area (Å²) < 4.78 is 83.7. The lowest BCUT2D eigenvalue weighted by Gasteiger charge is -2.31. The van der Waals surface area contributed by atoms with Crippen molar-refractivity contribution in [2.24, 2.45) is 0 Å². The standard InChI is InChI=1S/C21H21F4NO4S/c22-17-6-4-15(5-7-17)12-18(27)14-30-19-8-10-26(11-9-19)31(28,29)20-3-1-2-16(13-20)21(23,24)25/h1-7,13,19H,8-12,14H2. The number of piperidine rings is 1. The number of hydrogen-bond acceptors (Lipinski definition) is 4. The maximum absolute atomic E-state index is 12.9. The molecule has 0 spiro atoms. The second kappa shape index (κ2) is 9.46. The second-order valence-electron chi connectivity index (χ2n) is 7.28. The molecule has 0 atom stereocenters. The first-order valence-corrected chi connectivity index (χ1v) is 11.0. The highest BCUT2D eigenvalue weighted by atomic mass is 32.2. The smallest absolute Gasteiger partial charge is 0.370 e. The molecule has 0 aliphatic carbocycles. The highest BCUT2D eigenvalue weighted by molar-refractivity contribution is 7.89. The molecule has 168 valence electrons. The highest BCUT2D eigenvalue weighted by Gasteiger charge is 2.34. The lowest BCUT2D eigenvalue weighted by atomic mass is 10.1. The third-order valence-electron chi connectivity index (χ3n) is 4.99. The van der Waals surface area contributed by atoms with Gasteiger partial charge in [-0.05, 0) is 48.7 Å². The molecule has 0 N–H and O–H groups in total. The first kappa shape index (κ1) is 23.4. The molecule has 3 rings (SSSR count). The van der Waals surface area contributed by atoms with Crippen LogP contribution >= 0.6 is 0 Å². The summed E-state index contributed by atoms with van der Waals surface area (Å²) in [5.41, 5.74) is -0.358. The van der Waals surface area contributed by atoms with Gasteiger partial charge >= 0.3 is 6.18 Å². The van der Waals surface area contributed by atoms with Crippen LogP contribution in [0, 0.1) is 5.82 Å². The average Bonchev–Trinajstić information content (AvgIpc) is 2.74. The van der Waals surface area contributed by atoms with Crippen LogP contribution in [0.4, 0.5) is 17.6 Å². The molecule has 0 amide bonds. The normalized spacial score (nSPS) is 16.4. The summed E-state index contributed by atoms with van der Waals surface area (Å²) in [5.74, 6) is -0.579. The van der Waals surface area contributed by atoms with E-state index in [0.29, 0.717) is 24.5 Å². The van der Waals surface area contributed by atoms with Crippen molar-refractivity contribution in [2.75, 3.05) is 19.7 Å². The van der Waals surface area contributed by atoms with E-state index in [1.165, 1.54) is 24.3 Å². The van der Waals surface area contributed by atoms with Gasteiger partial charge in [-0.1, -0.05) is 18.2 Å². The molecule has 0 aromatic heterocycles. The molecule has 5 nitrogen and oxygen atoms in total. The van der Waals surface area contributed by atoms with Crippen LogP contribution in [0.25, 0.3) is 0 Å². The molecule has 2 aromatic rings. The fourth-order valence-corrected chi connectivity index (χ4v) is 4.83. The van der Waals surface area contributed by atoms with Gasteiger partial charge in [-0.3, -0.25) is 4.79 Å². The quantitative estimate of drug-likeness (QED) is 0.591. The van der Waals surface area contributed by atoms with Crippen LogP contribution in [-0.4, -0.2) is 44.3 Å². The van der Waals surface area contributed by atoms with E-state index < -0.39 is 26.7 Å². The highest BCUT2D eigenvalue weighted by Crippen LogP contribution is 2.31. The number of nitrogens with zero attached hydrogens (tertiary/aromatic N) is 1. The molecular weight excluding hydrogens is 438 g/mol. The van der Waals surface area contributed by atoms with E-state index in [0.717, 1.165) is 22.5 Å². The number of halogens is 4. The van der Waals surface area contributed by atoms with Gasteiger partial charge in [0.2, 0.25) is 10.0 Å². The molecule has 1 saturated heterocycles. The van der Waals surface area contributed by atoms with Gasteiger partial charge in [0, 0.05) is 19.5 Å². The van der Waals surface area contributed by atoms with Crippen molar-refractivity contribution in [1.29, 1.82) is 0 Å². The fourth-order valence-electron chi connectivity index (χ4n) is 3.31. The summed E-state index contributed by atoms with van der Waals surface area (Å²) in [6.07, 6.45) is -4.22. The summed E-state index contributed by atoms with van der Waals surface area (Å²) in [5, 5.41) is 0. The number of ketones is 1. The van der Waals surface area contributed by atoms with Gasteiger partial charge in [-0.15, -0.1) is 0 Å². The van der Waals surface area contributed by atoms with E-state index in [1.807, 2.05) is 0 Å². The lowest BCUT2D eigenvalue weighted by molar-refractivity contribution is -0.137. The topological polar surface area (TPSA) is 63.7 Å². The third kappa shape index (κ3) is 6.11. The Hall–Kier alpha value is -2.30. The van der Waals surface area contributed by atoms with Crippen molar-refractivity contribution in [3.8, 4) is 0 Å². The summed E-state index contributed by atoms with van der Waals surface area (Å²) in [6, 6.07) is 9.23. The van der Waals surface area contributed by atoms with E-state index in [-0.39, 0.29) is 43.8 Å². The van der Waals surface area contributed by atoms with Crippen LogP contribution in [0.1, 0.15) is 24.0 Å². The van der Waals surface area contributed by atoms with E-state index >= 15 is 0 Å². The van der Waals surface area contributed by atoms with E-state index in [2.05, 4.69) is 0 Å². The van der Waals surface area contributed by atoms with Crippen LogP contribution in [-0.2, 0) is 32.2 Å². The number of ether oxygens (including phenoxy) is 1. The van der Waals surface area contributed by atoms with Gasteiger partial charge in [0.15, 0.2) is 5.78 Å². The van der Waals surface area contributed by atoms with Crippen molar-refractivity contribution in [2.45, 2.75) is 36.4 Å². The first-order valence-electron chi connectivity index (χ1n) is 9.61. The average molecular weight is 459 g/mol. The number of sulfonamides is 1. The Morgan fingerprint density at radius 3 is 2.32 bits per heavy atom. The molecule has 0 saturated carbocycles. The van der Waals surface area contributed by atoms with Gasteiger partial charge in [0.1, 0.15) is 12.4 Å². The number of carbonyl (C=O) groups is 1. The van der Waals surface area contributed by atoms with Crippen LogP contribution in [0.5, 0.6) is 0 Å². The van der Waals surface area contributed by atoms with Gasteiger partial charge in [-0.2, -0.15) is 17.5 Å². The Kier molecular flexibility index (Phi) is 7.13. The van der Waals surface area contributed by atoms with E-state index in [4.69, 9.17) is 4.74 Å². The Balaban J connectivity index is 1.52. The number of benzene rings is 2. The van der Waals surface area contributed by atoms with Gasteiger partial charge in [0.05, 0.1) is 16.6 Å². The Bertz CT molecular complexity index is 1010. The zero-order chi connectivity index (χ0) is 22.6. The van der Waals surface area contributed by atoms with Gasteiger partial charge in [0.25, 0.3) is 0 Å². The zero-order valence-electron chi connectivity index (χ0n) is 16.4. The predicted octanol–water partition coefficient (Wildman–Crippen LogP) is 3.83. The minimum atomic E-state index is -4.63. The summed E-state index contributed by atoms with van der Waals surface area (Å²) >= 11 is 0. The molecule has 1 aliphatic heterocycles. The number of Topliss-reactive ketones (excluding diaryl/α,β-unsaturated/α-hetero) is 1. The molecule has 31 heavy (non-hydrogen) atoms. The van der Waals surface area contributed by atoms with Crippen molar-refractivity contribution < 1.29 is 35.5 Å². The molecule has 0 radical (unpaired) electrons. The molecule has 1 aliphatic rings. The number of alkyl halides is 3. The predicted molar refractivity (Wildman–Crippen MR) is 104 cm³/mol. The van der Waals surface area contributed by atoms with Gasteiger partial charge < -0.3 is 4.74 Å². The second-order valence-corrected chi connectivity index (χ2v) is 9.22. The monoisotopic (exact) mass is 459 g/mol. The van der Waals surface area contributed by atoms with Crippen molar-refractivity contribution in [3.63, 3.8) is 0 Å².